The molecular formula is C12H11FN2O2. The molecule has 0 aliphatic rings. The van der Waals surface area contributed by atoms with E-state index in [4.69, 9.17) is 0 Å². The second-order valence-electron chi connectivity index (χ2n) is 3.73. The van der Waals surface area contributed by atoms with E-state index in [2.05, 4.69) is 0 Å². The molecule has 1 heterocycles. The summed E-state index contributed by atoms with van der Waals surface area (Å²) in [6.07, 6.45) is 0. The monoisotopic (exact) mass is 234 g/mol. The van der Waals surface area contributed by atoms with Crippen molar-refractivity contribution >= 4 is 0 Å². The summed E-state index contributed by atoms with van der Waals surface area (Å²) in [4.78, 5) is 23.2. The van der Waals surface area contributed by atoms with E-state index in [0.717, 1.165) is 9.13 Å². The van der Waals surface area contributed by atoms with E-state index in [1.165, 1.54) is 14.1 Å². The Hall–Kier alpha value is -2.17. The molecule has 0 spiro atoms. The van der Waals surface area contributed by atoms with Gasteiger partial charge in [-0.25, -0.2) is 4.79 Å². The fourth-order valence-corrected chi connectivity index (χ4v) is 1.72. The van der Waals surface area contributed by atoms with Crippen LogP contribution in [0, 0.1) is 5.82 Å². The normalized spacial score (nSPS) is 10.5. The summed E-state index contributed by atoms with van der Waals surface area (Å²) in [7, 11) is 2.69. The Kier molecular flexibility index (Phi) is 2.67. The lowest BCUT2D eigenvalue weighted by atomic mass is 10.1. The molecule has 0 N–H and O–H groups in total. The van der Waals surface area contributed by atoms with Gasteiger partial charge in [0, 0.05) is 19.7 Å². The standard InChI is InChI=1S/C12H11FN2O2/c1-14-10(8-6-4-3-5-7-8)9(13)11(16)15(2)12(14)17/h3-7H,1-2H3. The third-order valence-electron chi connectivity index (χ3n) is 2.66. The number of hydrogen-bond acceptors (Lipinski definition) is 2. The predicted octanol–water partition coefficient (Wildman–Crippen LogP) is 0.890. The summed E-state index contributed by atoms with van der Waals surface area (Å²) in [6.45, 7) is 0. The van der Waals surface area contributed by atoms with Gasteiger partial charge in [0.05, 0.1) is 5.69 Å². The van der Waals surface area contributed by atoms with E-state index >= 15 is 0 Å². The van der Waals surface area contributed by atoms with Gasteiger partial charge in [-0.2, -0.15) is 4.39 Å². The van der Waals surface area contributed by atoms with E-state index < -0.39 is 17.1 Å². The average Bonchev–Trinajstić information content (AvgIpc) is 2.36. The van der Waals surface area contributed by atoms with E-state index in [1.807, 2.05) is 0 Å². The molecule has 2 rings (SSSR count). The summed E-state index contributed by atoms with van der Waals surface area (Å²) < 4.78 is 15.8. The molecule has 2 aromatic rings. The van der Waals surface area contributed by atoms with Crippen LogP contribution in [0.25, 0.3) is 11.3 Å². The molecule has 0 saturated heterocycles. The first-order chi connectivity index (χ1) is 8.04. The van der Waals surface area contributed by atoms with Gasteiger partial charge in [-0.3, -0.25) is 13.9 Å². The molecule has 1 aromatic carbocycles. The highest BCUT2D eigenvalue weighted by atomic mass is 19.1. The predicted molar refractivity (Wildman–Crippen MR) is 62.3 cm³/mol. The Morgan fingerprint density at radius 3 is 2.18 bits per heavy atom. The zero-order valence-electron chi connectivity index (χ0n) is 9.48. The smallest absolute Gasteiger partial charge is 0.293 e. The summed E-state index contributed by atoms with van der Waals surface area (Å²) in [5.41, 5.74) is -0.941. The molecule has 0 aliphatic heterocycles. The minimum atomic E-state index is -0.916. The number of halogens is 1. The molecule has 0 amide bonds. The van der Waals surface area contributed by atoms with Crippen molar-refractivity contribution in [3.05, 3.63) is 57.0 Å². The summed E-state index contributed by atoms with van der Waals surface area (Å²) in [5.74, 6) is -0.916. The molecule has 0 saturated carbocycles. The van der Waals surface area contributed by atoms with Crippen molar-refractivity contribution in [1.82, 2.24) is 9.13 Å². The maximum Gasteiger partial charge on any atom is 0.331 e. The van der Waals surface area contributed by atoms with Crippen molar-refractivity contribution < 1.29 is 4.39 Å². The van der Waals surface area contributed by atoms with E-state index in [0.29, 0.717) is 5.56 Å². The van der Waals surface area contributed by atoms with Crippen LogP contribution in [0.5, 0.6) is 0 Å². The van der Waals surface area contributed by atoms with Crippen LogP contribution in [0.4, 0.5) is 4.39 Å². The van der Waals surface area contributed by atoms with Crippen LogP contribution in [0.3, 0.4) is 0 Å². The Morgan fingerprint density at radius 2 is 1.59 bits per heavy atom. The van der Waals surface area contributed by atoms with Gasteiger partial charge < -0.3 is 0 Å². The van der Waals surface area contributed by atoms with E-state index in [9.17, 15) is 14.0 Å². The van der Waals surface area contributed by atoms with Gasteiger partial charge in [-0.1, -0.05) is 30.3 Å². The molecule has 1 aromatic heterocycles. The molecular weight excluding hydrogens is 223 g/mol. The van der Waals surface area contributed by atoms with Crippen LogP contribution in [-0.2, 0) is 14.1 Å². The van der Waals surface area contributed by atoms with Gasteiger partial charge in [0.1, 0.15) is 0 Å². The second-order valence-corrected chi connectivity index (χ2v) is 3.73. The van der Waals surface area contributed by atoms with Crippen molar-refractivity contribution in [2.24, 2.45) is 14.1 Å². The molecule has 0 radical (unpaired) electrons. The molecule has 17 heavy (non-hydrogen) atoms. The Balaban J connectivity index is 2.90. The average molecular weight is 234 g/mol. The fourth-order valence-electron chi connectivity index (χ4n) is 1.72. The maximum absolute atomic E-state index is 13.9. The topological polar surface area (TPSA) is 44.0 Å². The number of aromatic nitrogens is 2. The molecule has 88 valence electrons. The van der Waals surface area contributed by atoms with Gasteiger partial charge in [0.25, 0.3) is 5.56 Å². The third kappa shape index (κ3) is 1.69. The van der Waals surface area contributed by atoms with Gasteiger partial charge >= 0.3 is 5.69 Å². The van der Waals surface area contributed by atoms with Crippen molar-refractivity contribution in [2.45, 2.75) is 0 Å². The van der Waals surface area contributed by atoms with Gasteiger partial charge in [-0.05, 0) is 0 Å². The lowest BCUT2D eigenvalue weighted by Crippen LogP contribution is -2.39. The van der Waals surface area contributed by atoms with Crippen molar-refractivity contribution in [1.29, 1.82) is 0 Å². The molecule has 0 aliphatic carbocycles. The Bertz CT molecular complexity index is 634. The zero-order chi connectivity index (χ0) is 12.6. The maximum atomic E-state index is 13.9. The first kappa shape index (κ1) is 11.3. The zero-order valence-corrected chi connectivity index (χ0v) is 9.48. The number of hydrogen-bond donors (Lipinski definition) is 0. The molecule has 5 heteroatoms. The van der Waals surface area contributed by atoms with E-state index in [-0.39, 0.29) is 5.69 Å². The molecule has 0 unspecified atom stereocenters. The van der Waals surface area contributed by atoms with Crippen LogP contribution >= 0.6 is 0 Å². The number of nitrogens with zero attached hydrogens (tertiary/aromatic N) is 2. The number of benzene rings is 1. The van der Waals surface area contributed by atoms with Gasteiger partial charge in [-0.15, -0.1) is 0 Å². The van der Waals surface area contributed by atoms with Crippen LogP contribution < -0.4 is 11.2 Å². The SMILES string of the molecule is Cn1c(-c2ccccc2)c(F)c(=O)n(C)c1=O. The van der Waals surface area contributed by atoms with Crippen LogP contribution in [0.1, 0.15) is 0 Å². The van der Waals surface area contributed by atoms with Crippen LogP contribution in [0.15, 0.2) is 39.9 Å². The summed E-state index contributed by atoms with van der Waals surface area (Å²) in [6, 6.07) is 8.52. The van der Waals surface area contributed by atoms with Crippen molar-refractivity contribution in [2.75, 3.05) is 0 Å². The summed E-state index contributed by atoms with van der Waals surface area (Å²) in [5, 5.41) is 0. The second kappa shape index (κ2) is 4.01. The molecule has 4 nitrogen and oxygen atoms in total. The highest BCUT2D eigenvalue weighted by molar-refractivity contribution is 5.59. The minimum absolute atomic E-state index is 0.0127. The lowest BCUT2D eigenvalue weighted by molar-refractivity contribution is 0.551. The highest BCUT2D eigenvalue weighted by Crippen LogP contribution is 2.17. The minimum Gasteiger partial charge on any atom is -0.293 e. The first-order valence-electron chi connectivity index (χ1n) is 5.05. The van der Waals surface area contributed by atoms with Crippen LogP contribution in [0.2, 0.25) is 0 Å². The quantitative estimate of drug-likeness (QED) is 0.735. The largest absolute Gasteiger partial charge is 0.331 e. The van der Waals surface area contributed by atoms with Crippen LogP contribution in [-0.4, -0.2) is 9.13 Å². The Labute approximate surface area is 96.6 Å². The Morgan fingerprint density at radius 1 is 1.00 bits per heavy atom. The lowest BCUT2D eigenvalue weighted by Gasteiger charge is -2.10. The first-order valence-corrected chi connectivity index (χ1v) is 5.05. The van der Waals surface area contributed by atoms with Crippen molar-refractivity contribution in [3.63, 3.8) is 0 Å². The van der Waals surface area contributed by atoms with Crippen molar-refractivity contribution in [3.8, 4) is 11.3 Å². The highest BCUT2D eigenvalue weighted by Gasteiger charge is 2.16. The van der Waals surface area contributed by atoms with E-state index in [1.54, 1.807) is 30.3 Å². The number of rotatable bonds is 1. The molecule has 0 atom stereocenters. The molecule has 0 fully saturated rings. The van der Waals surface area contributed by atoms with Gasteiger partial charge in [0.15, 0.2) is 0 Å². The summed E-state index contributed by atoms with van der Waals surface area (Å²) >= 11 is 0. The fraction of sp³-hybridized carbons (Fsp3) is 0.167. The third-order valence-corrected chi connectivity index (χ3v) is 2.66. The molecule has 0 bridgehead atoms. The van der Waals surface area contributed by atoms with Gasteiger partial charge in [0.2, 0.25) is 5.82 Å².